The Labute approximate surface area is 89.8 Å². The van der Waals surface area contributed by atoms with E-state index in [0.29, 0.717) is 6.04 Å². The fraction of sp³-hybridized carbons (Fsp3) is 0.636. The van der Waals surface area contributed by atoms with Crippen LogP contribution in [0.25, 0.3) is 0 Å². The molecule has 4 heteroatoms. The molecule has 1 fully saturated rings. The van der Waals surface area contributed by atoms with E-state index in [0.717, 1.165) is 18.1 Å². The second kappa shape index (κ2) is 3.45. The highest BCUT2D eigenvalue weighted by atomic mass is 16.3. The van der Waals surface area contributed by atoms with E-state index in [9.17, 15) is 5.11 Å². The first kappa shape index (κ1) is 10.4. The van der Waals surface area contributed by atoms with Crippen molar-refractivity contribution in [2.75, 3.05) is 5.32 Å². The van der Waals surface area contributed by atoms with Gasteiger partial charge in [0.2, 0.25) is 0 Å². The molecule has 4 nitrogen and oxygen atoms in total. The largest absolute Gasteiger partial charge is 0.392 e. The molecular weight excluding hydrogens is 190 g/mol. The van der Waals surface area contributed by atoms with Crippen LogP contribution in [0.3, 0.4) is 0 Å². The molecule has 0 bridgehead atoms. The fourth-order valence-corrected chi connectivity index (χ4v) is 1.86. The number of hydrogen-bond donors (Lipinski definition) is 2. The minimum absolute atomic E-state index is 0.0706. The molecule has 2 rings (SSSR count). The highest BCUT2D eigenvalue weighted by Gasteiger charge is 2.47. The van der Waals surface area contributed by atoms with Crippen molar-refractivity contribution in [2.24, 2.45) is 5.41 Å². The summed E-state index contributed by atoms with van der Waals surface area (Å²) in [6.07, 6.45) is 2.32. The van der Waals surface area contributed by atoms with Crippen LogP contribution in [0.5, 0.6) is 0 Å². The van der Waals surface area contributed by atoms with Crippen molar-refractivity contribution in [3.8, 4) is 0 Å². The van der Waals surface area contributed by atoms with E-state index in [4.69, 9.17) is 0 Å². The molecule has 1 heterocycles. The summed E-state index contributed by atoms with van der Waals surface area (Å²) in [6.45, 7) is 5.99. The number of aryl methyl sites for hydroxylation is 1. The van der Waals surface area contributed by atoms with E-state index in [2.05, 4.69) is 29.1 Å². The summed E-state index contributed by atoms with van der Waals surface area (Å²) in [5, 5.41) is 12.9. The number of aliphatic hydroxyl groups excluding tert-OH is 1. The van der Waals surface area contributed by atoms with Crippen LogP contribution in [0, 0.1) is 12.3 Å². The Bertz CT molecular complexity index is 365. The molecule has 2 unspecified atom stereocenters. The number of hydrogen-bond acceptors (Lipinski definition) is 4. The zero-order valence-electron chi connectivity index (χ0n) is 9.36. The molecule has 0 saturated heterocycles. The van der Waals surface area contributed by atoms with Crippen molar-refractivity contribution in [3.63, 3.8) is 0 Å². The highest BCUT2D eigenvalue weighted by Crippen LogP contribution is 2.41. The molecule has 0 radical (unpaired) electrons. The lowest BCUT2D eigenvalue weighted by Crippen LogP contribution is -2.57. The van der Waals surface area contributed by atoms with Gasteiger partial charge in [-0.3, -0.25) is 0 Å². The topological polar surface area (TPSA) is 58.0 Å². The van der Waals surface area contributed by atoms with Gasteiger partial charge in [0.25, 0.3) is 0 Å². The molecular formula is C11H17N3O. The lowest BCUT2D eigenvalue weighted by molar-refractivity contribution is -0.0511. The van der Waals surface area contributed by atoms with E-state index in [1.807, 2.05) is 13.0 Å². The average Bonchev–Trinajstić information content (AvgIpc) is 2.17. The molecule has 1 aliphatic rings. The molecule has 1 aliphatic carbocycles. The van der Waals surface area contributed by atoms with Crippen molar-refractivity contribution in [1.29, 1.82) is 0 Å². The van der Waals surface area contributed by atoms with E-state index in [-0.39, 0.29) is 11.5 Å². The zero-order chi connectivity index (χ0) is 11.1. The molecule has 1 saturated carbocycles. The number of aromatic nitrogens is 2. The summed E-state index contributed by atoms with van der Waals surface area (Å²) in [6, 6.07) is 2.15. The van der Waals surface area contributed by atoms with Gasteiger partial charge in [0.1, 0.15) is 11.6 Å². The Hall–Kier alpha value is -1.16. The Kier molecular flexibility index (Phi) is 2.38. The molecule has 2 N–H and O–H groups in total. The van der Waals surface area contributed by atoms with E-state index in [1.165, 1.54) is 0 Å². The predicted molar refractivity (Wildman–Crippen MR) is 58.6 cm³/mol. The first-order chi connectivity index (χ1) is 7.00. The molecule has 0 aliphatic heterocycles. The second-order valence-electron chi connectivity index (χ2n) is 4.76. The van der Waals surface area contributed by atoms with Gasteiger partial charge in [-0.25, -0.2) is 9.97 Å². The minimum Gasteiger partial charge on any atom is -0.392 e. The van der Waals surface area contributed by atoms with Crippen molar-refractivity contribution in [2.45, 2.75) is 39.3 Å². The maximum Gasteiger partial charge on any atom is 0.129 e. The minimum atomic E-state index is -0.210. The Morgan fingerprint density at radius 2 is 2.27 bits per heavy atom. The quantitative estimate of drug-likeness (QED) is 0.768. The van der Waals surface area contributed by atoms with Gasteiger partial charge in [0, 0.05) is 17.7 Å². The summed E-state index contributed by atoms with van der Waals surface area (Å²) in [4.78, 5) is 8.32. The van der Waals surface area contributed by atoms with Gasteiger partial charge in [-0.15, -0.1) is 0 Å². The molecule has 15 heavy (non-hydrogen) atoms. The summed E-state index contributed by atoms with van der Waals surface area (Å²) >= 11 is 0. The maximum atomic E-state index is 9.61. The Balaban J connectivity index is 2.05. The highest BCUT2D eigenvalue weighted by molar-refractivity contribution is 5.36. The third kappa shape index (κ3) is 1.81. The van der Waals surface area contributed by atoms with Gasteiger partial charge in [0.05, 0.1) is 6.10 Å². The van der Waals surface area contributed by atoms with Gasteiger partial charge in [-0.2, -0.15) is 0 Å². The second-order valence-corrected chi connectivity index (χ2v) is 4.76. The van der Waals surface area contributed by atoms with Crippen LogP contribution in [0.1, 0.15) is 26.1 Å². The van der Waals surface area contributed by atoms with E-state index < -0.39 is 0 Å². The van der Waals surface area contributed by atoms with Crippen LogP contribution in [-0.2, 0) is 0 Å². The number of nitrogens with zero attached hydrogens (tertiary/aromatic N) is 2. The van der Waals surface area contributed by atoms with Crippen molar-refractivity contribution in [1.82, 2.24) is 9.97 Å². The maximum absolute atomic E-state index is 9.61. The van der Waals surface area contributed by atoms with Crippen molar-refractivity contribution >= 4 is 5.82 Å². The standard InChI is InChI=1S/C11H17N3O/c1-7-12-5-4-10(13-7)14-8-6-9(15)11(8,2)3/h4-5,8-9,15H,6H2,1-3H3,(H,12,13,14). The van der Waals surface area contributed by atoms with E-state index >= 15 is 0 Å². The average molecular weight is 207 g/mol. The SMILES string of the molecule is Cc1nccc(NC2CC(O)C2(C)C)n1. The normalized spacial score (nSPS) is 28.3. The van der Waals surface area contributed by atoms with Crippen LogP contribution < -0.4 is 5.32 Å². The zero-order valence-corrected chi connectivity index (χ0v) is 9.36. The van der Waals surface area contributed by atoms with Crippen LogP contribution in [0.15, 0.2) is 12.3 Å². The van der Waals surface area contributed by atoms with Crippen molar-refractivity contribution in [3.05, 3.63) is 18.1 Å². The Morgan fingerprint density at radius 3 is 2.80 bits per heavy atom. The monoisotopic (exact) mass is 207 g/mol. The molecule has 1 aromatic heterocycles. The van der Waals surface area contributed by atoms with Crippen molar-refractivity contribution < 1.29 is 5.11 Å². The molecule has 0 spiro atoms. The predicted octanol–water partition coefficient (Wildman–Crippen LogP) is 1.36. The van der Waals surface area contributed by atoms with Gasteiger partial charge in [-0.1, -0.05) is 13.8 Å². The number of aliphatic hydroxyl groups is 1. The van der Waals surface area contributed by atoms with Gasteiger partial charge < -0.3 is 10.4 Å². The van der Waals surface area contributed by atoms with Crippen LogP contribution in [-0.4, -0.2) is 27.2 Å². The summed E-state index contributed by atoms with van der Waals surface area (Å²) in [5.74, 6) is 1.60. The first-order valence-corrected chi connectivity index (χ1v) is 5.24. The third-order valence-corrected chi connectivity index (χ3v) is 3.31. The molecule has 0 amide bonds. The number of anilines is 1. The van der Waals surface area contributed by atoms with Crippen LogP contribution in [0.4, 0.5) is 5.82 Å². The smallest absolute Gasteiger partial charge is 0.129 e. The van der Waals surface area contributed by atoms with Gasteiger partial charge >= 0.3 is 0 Å². The lowest BCUT2D eigenvalue weighted by atomic mass is 9.64. The summed E-state index contributed by atoms with van der Waals surface area (Å²) in [5.41, 5.74) is -0.0706. The molecule has 2 atom stereocenters. The van der Waals surface area contributed by atoms with Crippen LogP contribution in [0.2, 0.25) is 0 Å². The number of nitrogens with one attached hydrogen (secondary N) is 1. The molecule has 82 valence electrons. The van der Waals surface area contributed by atoms with Crippen LogP contribution >= 0.6 is 0 Å². The summed E-state index contributed by atoms with van der Waals surface area (Å²) < 4.78 is 0. The third-order valence-electron chi connectivity index (χ3n) is 3.31. The molecule has 0 aromatic carbocycles. The Morgan fingerprint density at radius 1 is 1.53 bits per heavy atom. The van der Waals surface area contributed by atoms with Gasteiger partial charge in [-0.05, 0) is 19.4 Å². The fourth-order valence-electron chi connectivity index (χ4n) is 1.86. The molecule has 1 aromatic rings. The van der Waals surface area contributed by atoms with E-state index in [1.54, 1.807) is 6.20 Å². The first-order valence-electron chi connectivity index (χ1n) is 5.24. The lowest BCUT2D eigenvalue weighted by Gasteiger charge is -2.49. The van der Waals surface area contributed by atoms with Gasteiger partial charge in [0.15, 0.2) is 0 Å². The summed E-state index contributed by atoms with van der Waals surface area (Å²) in [7, 11) is 0. The number of rotatable bonds is 2.